The lowest BCUT2D eigenvalue weighted by Gasteiger charge is -2.38. The van der Waals surface area contributed by atoms with E-state index in [4.69, 9.17) is 5.73 Å². The quantitative estimate of drug-likeness (QED) is 0.744. The van der Waals surface area contributed by atoms with E-state index in [9.17, 15) is 18.3 Å². The van der Waals surface area contributed by atoms with Gasteiger partial charge in [-0.2, -0.15) is 13.2 Å². The molecule has 0 rings (SSSR count). The van der Waals surface area contributed by atoms with Crippen LogP contribution in [0.2, 0.25) is 0 Å². The number of hydrogen-bond donors (Lipinski definition) is 2. The third-order valence-electron chi connectivity index (χ3n) is 2.88. The van der Waals surface area contributed by atoms with Gasteiger partial charge >= 0.3 is 6.18 Å². The standard InChI is InChI=1S/C12H25F3N2O/c1-8(2)5-10(16)11(6-18)17(9(3)4)7-12(13,14)15/h8-11,18H,5-7,16H2,1-4H3. The van der Waals surface area contributed by atoms with Crippen LogP contribution in [-0.4, -0.2) is 47.5 Å². The third kappa shape index (κ3) is 6.56. The second-order valence-electron chi connectivity index (χ2n) is 5.42. The zero-order valence-corrected chi connectivity index (χ0v) is 11.5. The van der Waals surface area contributed by atoms with E-state index in [2.05, 4.69) is 0 Å². The molecule has 0 fully saturated rings. The van der Waals surface area contributed by atoms with Gasteiger partial charge in [-0.3, -0.25) is 4.90 Å². The van der Waals surface area contributed by atoms with E-state index in [0.29, 0.717) is 6.42 Å². The van der Waals surface area contributed by atoms with E-state index in [-0.39, 0.29) is 18.6 Å². The molecule has 0 radical (unpaired) electrons. The molecule has 0 amide bonds. The molecular weight excluding hydrogens is 245 g/mol. The summed E-state index contributed by atoms with van der Waals surface area (Å²) in [6.45, 7) is 5.87. The normalized spacial score (nSPS) is 16.7. The molecule has 0 saturated heterocycles. The molecule has 0 aromatic heterocycles. The molecule has 0 aliphatic carbocycles. The maximum atomic E-state index is 12.5. The van der Waals surface area contributed by atoms with Gasteiger partial charge in [-0.05, 0) is 26.2 Å². The van der Waals surface area contributed by atoms with Gasteiger partial charge in [-0.15, -0.1) is 0 Å². The molecule has 0 aliphatic rings. The SMILES string of the molecule is CC(C)CC(N)C(CO)N(CC(F)(F)F)C(C)C. The number of alkyl halides is 3. The van der Waals surface area contributed by atoms with Gasteiger partial charge in [0.2, 0.25) is 0 Å². The van der Waals surface area contributed by atoms with Gasteiger partial charge in [-0.25, -0.2) is 0 Å². The van der Waals surface area contributed by atoms with Crippen molar-refractivity contribution in [1.82, 2.24) is 4.90 Å². The molecule has 3 N–H and O–H groups in total. The molecular formula is C12H25F3N2O. The largest absolute Gasteiger partial charge is 0.401 e. The molecule has 0 spiro atoms. The molecule has 2 atom stereocenters. The number of aliphatic hydroxyl groups is 1. The number of nitrogens with zero attached hydrogens (tertiary/aromatic N) is 1. The lowest BCUT2D eigenvalue weighted by atomic mass is 9.96. The van der Waals surface area contributed by atoms with Gasteiger partial charge in [0, 0.05) is 18.1 Å². The first-order valence-corrected chi connectivity index (χ1v) is 6.27. The van der Waals surface area contributed by atoms with Crippen molar-refractivity contribution >= 4 is 0 Å². The molecule has 0 heterocycles. The van der Waals surface area contributed by atoms with Gasteiger partial charge in [0.25, 0.3) is 0 Å². The summed E-state index contributed by atoms with van der Waals surface area (Å²) in [5, 5.41) is 9.34. The van der Waals surface area contributed by atoms with Crippen molar-refractivity contribution in [3.05, 3.63) is 0 Å². The molecule has 0 aromatic carbocycles. The lowest BCUT2D eigenvalue weighted by molar-refractivity contribution is -0.158. The predicted octanol–water partition coefficient (Wildman–Crippen LogP) is 1.99. The molecule has 18 heavy (non-hydrogen) atoms. The molecule has 2 unspecified atom stereocenters. The Bertz CT molecular complexity index is 232. The zero-order valence-electron chi connectivity index (χ0n) is 11.5. The van der Waals surface area contributed by atoms with Gasteiger partial charge in [-0.1, -0.05) is 13.8 Å². The summed E-state index contributed by atoms with van der Waals surface area (Å²) in [5.41, 5.74) is 5.92. The molecule has 110 valence electrons. The van der Waals surface area contributed by atoms with E-state index in [1.54, 1.807) is 13.8 Å². The number of halogens is 3. The van der Waals surface area contributed by atoms with Crippen molar-refractivity contribution in [3.8, 4) is 0 Å². The van der Waals surface area contributed by atoms with E-state index < -0.39 is 24.8 Å². The van der Waals surface area contributed by atoms with Crippen LogP contribution in [-0.2, 0) is 0 Å². The van der Waals surface area contributed by atoms with E-state index in [1.807, 2.05) is 13.8 Å². The van der Waals surface area contributed by atoms with Gasteiger partial charge in [0.15, 0.2) is 0 Å². The Labute approximate surface area is 107 Å². The third-order valence-corrected chi connectivity index (χ3v) is 2.88. The fourth-order valence-electron chi connectivity index (χ4n) is 2.08. The van der Waals surface area contributed by atoms with Gasteiger partial charge < -0.3 is 10.8 Å². The highest BCUT2D eigenvalue weighted by Gasteiger charge is 2.36. The Kier molecular flexibility index (Phi) is 7.17. The lowest BCUT2D eigenvalue weighted by Crippen LogP contribution is -2.55. The Morgan fingerprint density at radius 1 is 1.17 bits per heavy atom. The summed E-state index contributed by atoms with van der Waals surface area (Å²) in [6.07, 6.45) is -3.69. The van der Waals surface area contributed by atoms with Crippen LogP contribution < -0.4 is 5.73 Å². The number of nitrogens with two attached hydrogens (primary N) is 1. The summed E-state index contributed by atoms with van der Waals surface area (Å²) < 4.78 is 37.6. The molecule has 0 bridgehead atoms. The van der Waals surface area contributed by atoms with Crippen molar-refractivity contribution < 1.29 is 18.3 Å². The maximum Gasteiger partial charge on any atom is 0.401 e. The molecule has 0 aliphatic heterocycles. The van der Waals surface area contributed by atoms with Crippen LogP contribution in [0.1, 0.15) is 34.1 Å². The summed E-state index contributed by atoms with van der Waals surface area (Å²) >= 11 is 0. The Morgan fingerprint density at radius 3 is 1.94 bits per heavy atom. The summed E-state index contributed by atoms with van der Waals surface area (Å²) in [7, 11) is 0. The average Bonchev–Trinajstić information content (AvgIpc) is 2.13. The van der Waals surface area contributed by atoms with Crippen LogP contribution in [0.3, 0.4) is 0 Å². The van der Waals surface area contributed by atoms with Crippen molar-refractivity contribution in [2.75, 3.05) is 13.2 Å². The summed E-state index contributed by atoms with van der Waals surface area (Å²) in [4.78, 5) is 1.23. The number of hydrogen-bond acceptors (Lipinski definition) is 3. The monoisotopic (exact) mass is 270 g/mol. The van der Waals surface area contributed by atoms with Crippen LogP contribution in [0.15, 0.2) is 0 Å². The first kappa shape index (κ1) is 17.7. The number of aliphatic hydroxyl groups excluding tert-OH is 1. The molecule has 3 nitrogen and oxygen atoms in total. The Hall–Kier alpha value is -0.330. The van der Waals surface area contributed by atoms with Crippen molar-refractivity contribution in [3.63, 3.8) is 0 Å². The van der Waals surface area contributed by atoms with Crippen LogP contribution in [0.4, 0.5) is 13.2 Å². The van der Waals surface area contributed by atoms with Gasteiger partial charge in [0.1, 0.15) is 0 Å². The van der Waals surface area contributed by atoms with Crippen LogP contribution >= 0.6 is 0 Å². The first-order chi connectivity index (χ1) is 8.08. The van der Waals surface area contributed by atoms with Gasteiger partial charge in [0.05, 0.1) is 13.2 Å². The summed E-state index contributed by atoms with van der Waals surface area (Å²) in [6, 6.07) is -1.43. The van der Waals surface area contributed by atoms with Crippen LogP contribution in [0.5, 0.6) is 0 Å². The second-order valence-corrected chi connectivity index (χ2v) is 5.42. The van der Waals surface area contributed by atoms with E-state index in [0.717, 1.165) is 0 Å². The minimum absolute atomic E-state index is 0.286. The van der Waals surface area contributed by atoms with Crippen molar-refractivity contribution in [2.45, 2.75) is 58.4 Å². The molecule has 6 heteroatoms. The van der Waals surface area contributed by atoms with Crippen molar-refractivity contribution in [2.24, 2.45) is 11.7 Å². The minimum Gasteiger partial charge on any atom is -0.395 e. The topological polar surface area (TPSA) is 49.5 Å². The van der Waals surface area contributed by atoms with E-state index in [1.165, 1.54) is 4.90 Å². The fraction of sp³-hybridized carbons (Fsp3) is 1.00. The molecule has 0 aromatic rings. The molecule has 0 saturated carbocycles. The second kappa shape index (κ2) is 7.31. The average molecular weight is 270 g/mol. The highest BCUT2D eigenvalue weighted by molar-refractivity contribution is 4.85. The highest BCUT2D eigenvalue weighted by Crippen LogP contribution is 2.22. The van der Waals surface area contributed by atoms with Crippen molar-refractivity contribution in [1.29, 1.82) is 0 Å². The van der Waals surface area contributed by atoms with Crippen LogP contribution in [0.25, 0.3) is 0 Å². The fourth-order valence-corrected chi connectivity index (χ4v) is 2.08. The first-order valence-electron chi connectivity index (χ1n) is 6.27. The highest BCUT2D eigenvalue weighted by atomic mass is 19.4. The minimum atomic E-state index is -4.28. The summed E-state index contributed by atoms with van der Waals surface area (Å²) in [5.74, 6) is 0.286. The Morgan fingerprint density at radius 2 is 1.67 bits per heavy atom. The number of rotatable bonds is 7. The Balaban J connectivity index is 4.82. The zero-order chi connectivity index (χ0) is 14.5. The van der Waals surface area contributed by atoms with E-state index >= 15 is 0 Å². The maximum absolute atomic E-state index is 12.5. The van der Waals surface area contributed by atoms with Crippen LogP contribution in [0, 0.1) is 5.92 Å². The predicted molar refractivity (Wildman–Crippen MR) is 66.2 cm³/mol. The smallest absolute Gasteiger partial charge is 0.395 e.